The van der Waals surface area contributed by atoms with Gasteiger partial charge in [-0.25, -0.2) is 9.66 Å². The number of nitrogens with zero attached hydrogens (tertiary/aromatic N) is 2. The summed E-state index contributed by atoms with van der Waals surface area (Å²) in [6.45, 7) is 0. The van der Waals surface area contributed by atoms with Gasteiger partial charge in [-0.1, -0.05) is 12.1 Å². The minimum Gasteiger partial charge on any atom is -0.336 e. The second-order valence-corrected chi connectivity index (χ2v) is 5.96. The number of ketones is 1. The first kappa shape index (κ1) is 14.4. The van der Waals surface area contributed by atoms with Crippen LogP contribution in [-0.2, 0) is 4.57 Å². The molecule has 0 amide bonds. The standard InChI is InChI=1S/C11H12N3O5P/c12-14-8-4-2-1-3-7(8)13-10(11(14)16)9(15)5-6-20(17,18)19/h1-4H,5-6,12H2,(H2,17,18,19). The molecule has 4 N–H and O–H groups in total. The van der Waals surface area contributed by atoms with Gasteiger partial charge < -0.3 is 15.6 Å². The summed E-state index contributed by atoms with van der Waals surface area (Å²) in [5.74, 6) is 4.85. The van der Waals surface area contributed by atoms with Crippen molar-refractivity contribution in [2.24, 2.45) is 0 Å². The van der Waals surface area contributed by atoms with E-state index in [4.69, 9.17) is 15.6 Å². The Bertz CT molecular complexity index is 779. The third-order valence-electron chi connectivity index (χ3n) is 2.69. The van der Waals surface area contributed by atoms with E-state index in [1.807, 2.05) is 0 Å². The van der Waals surface area contributed by atoms with E-state index in [1.165, 1.54) is 0 Å². The molecule has 9 heteroatoms. The zero-order valence-corrected chi connectivity index (χ0v) is 11.2. The Hall–Kier alpha value is -2.02. The fraction of sp³-hybridized carbons (Fsp3) is 0.182. The monoisotopic (exact) mass is 297 g/mol. The molecule has 0 bridgehead atoms. The van der Waals surface area contributed by atoms with Crippen LogP contribution < -0.4 is 11.4 Å². The van der Waals surface area contributed by atoms with Gasteiger partial charge in [-0.15, -0.1) is 0 Å². The summed E-state index contributed by atoms with van der Waals surface area (Å²) in [4.78, 5) is 45.1. The summed E-state index contributed by atoms with van der Waals surface area (Å²) in [7, 11) is -4.30. The molecule has 0 aliphatic rings. The molecule has 1 aromatic carbocycles. The minimum atomic E-state index is -4.30. The molecule has 2 aromatic rings. The van der Waals surface area contributed by atoms with Gasteiger partial charge in [0.15, 0.2) is 11.5 Å². The molecule has 0 aliphatic carbocycles. The SMILES string of the molecule is Nn1c(=O)c(C(=O)CCP(=O)(O)O)nc2ccccc21. The number of hydrogen-bond donors (Lipinski definition) is 3. The summed E-state index contributed by atoms with van der Waals surface area (Å²) >= 11 is 0. The fourth-order valence-electron chi connectivity index (χ4n) is 1.70. The highest BCUT2D eigenvalue weighted by Crippen LogP contribution is 2.35. The number of rotatable bonds is 4. The lowest BCUT2D eigenvalue weighted by Crippen LogP contribution is -2.33. The fourth-order valence-corrected chi connectivity index (χ4v) is 2.20. The van der Waals surface area contributed by atoms with Crippen LogP contribution in [0.1, 0.15) is 16.9 Å². The van der Waals surface area contributed by atoms with E-state index in [0.717, 1.165) is 4.68 Å². The van der Waals surface area contributed by atoms with Crippen molar-refractivity contribution in [3.8, 4) is 0 Å². The number of nitrogen functional groups attached to an aromatic ring is 1. The van der Waals surface area contributed by atoms with Gasteiger partial charge in [0.25, 0.3) is 5.56 Å². The molecular formula is C11H12N3O5P. The van der Waals surface area contributed by atoms with Crippen LogP contribution in [0.2, 0.25) is 0 Å². The molecule has 0 radical (unpaired) electrons. The number of para-hydroxylation sites is 2. The number of nitrogens with two attached hydrogens (primary N) is 1. The lowest BCUT2D eigenvalue weighted by Gasteiger charge is -2.07. The number of aromatic nitrogens is 2. The summed E-state index contributed by atoms with van der Waals surface area (Å²) in [6.07, 6.45) is -1.10. The van der Waals surface area contributed by atoms with Crippen molar-refractivity contribution in [1.29, 1.82) is 0 Å². The normalized spacial score (nSPS) is 11.7. The van der Waals surface area contributed by atoms with Crippen LogP contribution in [0, 0.1) is 0 Å². The molecule has 1 heterocycles. The van der Waals surface area contributed by atoms with Gasteiger partial charge in [0.2, 0.25) is 0 Å². The van der Waals surface area contributed by atoms with E-state index in [0.29, 0.717) is 11.0 Å². The third-order valence-corrected chi connectivity index (χ3v) is 3.50. The molecule has 0 aliphatic heterocycles. The van der Waals surface area contributed by atoms with Crippen molar-refractivity contribution in [2.75, 3.05) is 12.0 Å². The first-order valence-corrected chi connectivity index (χ1v) is 7.44. The van der Waals surface area contributed by atoms with Gasteiger partial charge in [-0.05, 0) is 12.1 Å². The molecule has 0 unspecified atom stereocenters. The molecule has 8 nitrogen and oxygen atoms in total. The number of fused-ring (bicyclic) bond motifs is 1. The van der Waals surface area contributed by atoms with E-state index in [1.54, 1.807) is 24.3 Å². The molecule has 1 aromatic heterocycles. The molecular weight excluding hydrogens is 285 g/mol. The molecule has 0 saturated carbocycles. The summed E-state index contributed by atoms with van der Waals surface area (Å²) in [5.41, 5.74) is -0.489. The average molecular weight is 297 g/mol. The Labute approximate surface area is 113 Å². The van der Waals surface area contributed by atoms with Gasteiger partial charge in [0, 0.05) is 6.42 Å². The average Bonchev–Trinajstić information content (AvgIpc) is 2.39. The summed E-state index contributed by atoms with van der Waals surface area (Å²) < 4.78 is 11.5. The van der Waals surface area contributed by atoms with E-state index in [2.05, 4.69) is 4.98 Å². The molecule has 2 rings (SSSR count). The largest absolute Gasteiger partial charge is 0.336 e. The Balaban J connectivity index is 2.45. The van der Waals surface area contributed by atoms with Crippen molar-refractivity contribution < 1.29 is 19.1 Å². The Morgan fingerprint density at radius 3 is 2.65 bits per heavy atom. The predicted octanol–water partition coefficient (Wildman–Crippen LogP) is -0.139. The topological polar surface area (TPSA) is 136 Å². The van der Waals surface area contributed by atoms with Crippen LogP contribution in [-0.4, -0.2) is 31.4 Å². The number of carbonyl (C=O) groups is 1. The maximum Gasteiger partial charge on any atom is 0.326 e. The lowest BCUT2D eigenvalue weighted by molar-refractivity contribution is 0.0980. The van der Waals surface area contributed by atoms with Crippen LogP contribution in [0.25, 0.3) is 11.0 Å². The van der Waals surface area contributed by atoms with Crippen molar-refractivity contribution in [1.82, 2.24) is 9.66 Å². The first-order chi connectivity index (χ1) is 9.29. The quantitative estimate of drug-likeness (QED) is 0.406. The van der Waals surface area contributed by atoms with Crippen LogP contribution in [0.4, 0.5) is 0 Å². The van der Waals surface area contributed by atoms with E-state index >= 15 is 0 Å². The minimum absolute atomic E-state index is 0.356. The second kappa shape index (κ2) is 5.16. The Kier molecular flexibility index (Phi) is 3.71. The maximum atomic E-state index is 11.9. The van der Waals surface area contributed by atoms with Crippen molar-refractivity contribution in [3.63, 3.8) is 0 Å². The molecule has 0 spiro atoms. The Morgan fingerprint density at radius 1 is 1.35 bits per heavy atom. The zero-order valence-electron chi connectivity index (χ0n) is 10.3. The maximum absolute atomic E-state index is 11.9. The smallest absolute Gasteiger partial charge is 0.326 e. The van der Waals surface area contributed by atoms with Gasteiger partial charge in [0.1, 0.15) is 0 Å². The number of benzene rings is 1. The van der Waals surface area contributed by atoms with Crippen molar-refractivity contribution in [2.45, 2.75) is 6.42 Å². The highest BCUT2D eigenvalue weighted by Gasteiger charge is 2.20. The molecule has 0 fully saturated rings. The van der Waals surface area contributed by atoms with E-state index in [-0.39, 0.29) is 0 Å². The van der Waals surface area contributed by atoms with Crippen molar-refractivity contribution >= 4 is 24.4 Å². The van der Waals surface area contributed by atoms with Gasteiger partial charge in [0.05, 0.1) is 17.2 Å². The van der Waals surface area contributed by atoms with E-state index < -0.39 is 37.2 Å². The van der Waals surface area contributed by atoms with Gasteiger partial charge in [-0.3, -0.25) is 14.2 Å². The van der Waals surface area contributed by atoms with Gasteiger partial charge >= 0.3 is 7.60 Å². The Morgan fingerprint density at radius 2 is 2.00 bits per heavy atom. The van der Waals surface area contributed by atoms with Crippen LogP contribution in [0.5, 0.6) is 0 Å². The number of carbonyl (C=O) groups excluding carboxylic acids is 1. The number of hydrogen-bond acceptors (Lipinski definition) is 5. The molecule has 0 atom stereocenters. The van der Waals surface area contributed by atoms with E-state index in [9.17, 15) is 14.2 Å². The summed E-state index contributed by atoms with van der Waals surface area (Å²) in [6, 6.07) is 6.50. The van der Waals surface area contributed by atoms with Gasteiger partial charge in [-0.2, -0.15) is 0 Å². The summed E-state index contributed by atoms with van der Waals surface area (Å²) in [5, 5.41) is 0. The van der Waals surface area contributed by atoms with Crippen LogP contribution in [0.15, 0.2) is 29.1 Å². The number of Topliss-reactive ketones (excluding diaryl/α,β-unsaturated/α-hetero) is 1. The third kappa shape index (κ3) is 2.93. The molecule has 20 heavy (non-hydrogen) atoms. The van der Waals surface area contributed by atoms with Crippen LogP contribution >= 0.6 is 7.60 Å². The second-order valence-electron chi connectivity index (χ2n) is 4.19. The molecule has 0 saturated heterocycles. The first-order valence-electron chi connectivity index (χ1n) is 5.64. The van der Waals surface area contributed by atoms with Crippen LogP contribution in [0.3, 0.4) is 0 Å². The predicted molar refractivity (Wildman–Crippen MR) is 72.0 cm³/mol. The highest BCUT2D eigenvalue weighted by atomic mass is 31.2. The van der Waals surface area contributed by atoms with Crippen molar-refractivity contribution in [3.05, 3.63) is 40.3 Å². The molecule has 106 valence electrons. The highest BCUT2D eigenvalue weighted by molar-refractivity contribution is 7.51. The zero-order chi connectivity index (χ0) is 14.9. The lowest BCUT2D eigenvalue weighted by atomic mass is 10.2.